The van der Waals surface area contributed by atoms with Gasteiger partial charge in [0.05, 0.1) is 6.04 Å². The van der Waals surface area contributed by atoms with E-state index in [1.165, 1.54) is 32.1 Å². The number of aldehydes is 1. The minimum absolute atomic E-state index is 0.0793. The smallest absolute Gasteiger partial charge is 0.142 e. The van der Waals surface area contributed by atoms with Gasteiger partial charge >= 0.3 is 0 Å². The van der Waals surface area contributed by atoms with Crippen molar-refractivity contribution in [3.05, 3.63) is 12.8 Å². The largest absolute Gasteiger partial charge is 0.368 e. The van der Waals surface area contributed by atoms with Crippen LogP contribution in [0.1, 0.15) is 38.5 Å². The lowest BCUT2D eigenvalue weighted by molar-refractivity contribution is -0.111. The van der Waals surface area contributed by atoms with Crippen LogP contribution in [0, 0.1) is 0 Å². The Bertz CT molecular complexity index is 149. The lowest BCUT2D eigenvalue weighted by Crippen LogP contribution is -2.32. The molecule has 0 spiro atoms. The molecule has 0 N–H and O–H groups in total. The first-order chi connectivity index (χ1) is 6.38. The summed E-state index contributed by atoms with van der Waals surface area (Å²) in [5.74, 6) is 0. The van der Waals surface area contributed by atoms with Gasteiger partial charge in [-0.1, -0.05) is 32.3 Å². The Kier molecular flexibility index (Phi) is 4.58. The van der Waals surface area contributed by atoms with E-state index >= 15 is 0 Å². The van der Waals surface area contributed by atoms with E-state index in [0.717, 1.165) is 19.3 Å². The van der Waals surface area contributed by atoms with Crippen LogP contribution in [-0.2, 0) is 4.79 Å². The van der Waals surface area contributed by atoms with Crippen LogP contribution in [0.4, 0.5) is 0 Å². The summed E-state index contributed by atoms with van der Waals surface area (Å²) in [6.45, 7) is 4.75. The van der Waals surface area contributed by atoms with Crippen molar-refractivity contribution in [1.29, 1.82) is 0 Å². The topological polar surface area (TPSA) is 20.3 Å². The molecule has 0 amide bonds. The van der Waals surface area contributed by atoms with Crippen LogP contribution in [0.25, 0.3) is 0 Å². The standard InChI is InChI=1S/C11H19NO/c1-2-12-9-7-5-3-4-6-8-11(12)10-13/h2,10-11H,1,3-9H2. The number of rotatable bonds is 2. The van der Waals surface area contributed by atoms with Crippen molar-refractivity contribution in [3.63, 3.8) is 0 Å². The van der Waals surface area contributed by atoms with E-state index in [2.05, 4.69) is 11.5 Å². The SMILES string of the molecule is C=CN1CCCCCCCC1C=O. The summed E-state index contributed by atoms with van der Waals surface area (Å²) in [5, 5.41) is 0. The first kappa shape index (κ1) is 10.3. The van der Waals surface area contributed by atoms with Crippen molar-refractivity contribution >= 4 is 6.29 Å². The van der Waals surface area contributed by atoms with Crippen molar-refractivity contribution < 1.29 is 4.79 Å². The average molecular weight is 181 g/mol. The molecule has 0 bridgehead atoms. The summed E-state index contributed by atoms with van der Waals surface area (Å²) < 4.78 is 0. The zero-order valence-electron chi connectivity index (χ0n) is 8.24. The molecule has 0 aliphatic carbocycles. The van der Waals surface area contributed by atoms with Crippen molar-refractivity contribution in [1.82, 2.24) is 4.90 Å². The molecule has 13 heavy (non-hydrogen) atoms. The second-order valence-corrected chi connectivity index (χ2v) is 3.68. The lowest BCUT2D eigenvalue weighted by atomic mass is 10.1. The summed E-state index contributed by atoms with van der Waals surface area (Å²) in [7, 11) is 0. The summed E-state index contributed by atoms with van der Waals surface area (Å²) in [6, 6.07) is 0.0793. The lowest BCUT2D eigenvalue weighted by Gasteiger charge is -2.25. The number of hydrogen-bond donors (Lipinski definition) is 0. The minimum atomic E-state index is 0.0793. The predicted molar refractivity (Wildman–Crippen MR) is 54.5 cm³/mol. The van der Waals surface area contributed by atoms with Crippen LogP contribution >= 0.6 is 0 Å². The molecule has 1 atom stereocenters. The molecule has 1 fully saturated rings. The molecule has 0 aromatic rings. The molecule has 1 heterocycles. The van der Waals surface area contributed by atoms with Gasteiger partial charge in [0.15, 0.2) is 0 Å². The maximum atomic E-state index is 10.8. The molecule has 74 valence electrons. The molecule has 0 aromatic carbocycles. The van der Waals surface area contributed by atoms with Gasteiger partial charge in [-0.15, -0.1) is 0 Å². The third kappa shape index (κ3) is 3.21. The van der Waals surface area contributed by atoms with Crippen LogP contribution in [0.2, 0.25) is 0 Å². The highest BCUT2D eigenvalue weighted by Gasteiger charge is 2.14. The summed E-state index contributed by atoms with van der Waals surface area (Å²) >= 11 is 0. The van der Waals surface area contributed by atoms with Gasteiger partial charge in [0.1, 0.15) is 6.29 Å². The third-order valence-electron chi connectivity index (χ3n) is 2.73. The van der Waals surface area contributed by atoms with Gasteiger partial charge in [0, 0.05) is 6.54 Å². The van der Waals surface area contributed by atoms with E-state index in [-0.39, 0.29) is 6.04 Å². The number of carbonyl (C=O) groups is 1. The highest BCUT2D eigenvalue weighted by atomic mass is 16.1. The van der Waals surface area contributed by atoms with Gasteiger partial charge in [0.25, 0.3) is 0 Å². The molecule has 2 nitrogen and oxygen atoms in total. The molecule has 1 rings (SSSR count). The van der Waals surface area contributed by atoms with E-state index in [1.54, 1.807) is 0 Å². The quantitative estimate of drug-likeness (QED) is 0.609. The van der Waals surface area contributed by atoms with Crippen molar-refractivity contribution in [2.24, 2.45) is 0 Å². The normalized spacial score (nSPS) is 25.5. The Hall–Kier alpha value is -0.790. The summed E-state index contributed by atoms with van der Waals surface area (Å²) in [5.41, 5.74) is 0. The molecule has 0 aromatic heterocycles. The first-order valence-corrected chi connectivity index (χ1v) is 5.22. The summed E-state index contributed by atoms with van der Waals surface area (Å²) in [4.78, 5) is 12.9. The molecule has 0 saturated carbocycles. The molecule has 1 aliphatic rings. The molecular formula is C11H19NO. The van der Waals surface area contributed by atoms with E-state index < -0.39 is 0 Å². The fourth-order valence-corrected chi connectivity index (χ4v) is 1.88. The van der Waals surface area contributed by atoms with Gasteiger partial charge in [0.2, 0.25) is 0 Å². The monoisotopic (exact) mass is 181 g/mol. The molecule has 2 heteroatoms. The Labute approximate surface area is 80.6 Å². The summed E-state index contributed by atoms with van der Waals surface area (Å²) in [6.07, 6.45) is 10.1. The second-order valence-electron chi connectivity index (χ2n) is 3.68. The zero-order valence-corrected chi connectivity index (χ0v) is 8.24. The fourth-order valence-electron chi connectivity index (χ4n) is 1.88. The number of carbonyl (C=O) groups excluding carboxylic acids is 1. The molecule has 0 radical (unpaired) electrons. The Morgan fingerprint density at radius 3 is 2.54 bits per heavy atom. The van der Waals surface area contributed by atoms with Crippen LogP contribution in [0.15, 0.2) is 12.8 Å². The minimum Gasteiger partial charge on any atom is -0.368 e. The zero-order chi connectivity index (χ0) is 9.52. The maximum absolute atomic E-state index is 10.8. The first-order valence-electron chi connectivity index (χ1n) is 5.22. The Morgan fingerprint density at radius 1 is 1.15 bits per heavy atom. The van der Waals surface area contributed by atoms with Crippen LogP contribution in [0.5, 0.6) is 0 Å². The molecule has 1 saturated heterocycles. The van der Waals surface area contributed by atoms with Gasteiger partial charge in [-0.05, 0) is 19.0 Å². The third-order valence-corrected chi connectivity index (χ3v) is 2.73. The molecule has 1 unspecified atom stereocenters. The highest BCUT2D eigenvalue weighted by Crippen LogP contribution is 2.15. The van der Waals surface area contributed by atoms with Crippen molar-refractivity contribution in [2.75, 3.05) is 6.54 Å². The van der Waals surface area contributed by atoms with Gasteiger partial charge in [-0.2, -0.15) is 0 Å². The van der Waals surface area contributed by atoms with E-state index in [4.69, 9.17) is 0 Å². The Balaban J connectivity index is 2.52. The van der Waals surface area contributed by atoms with Crippen LogP contribution in [0.3, 0.4) is 0 Å². The fraction of sp³-hybridized carbons (Fsp3) is 0.727. The van der Waals surface area contributed by atoms with E-state index in [0.29, 0.717) is 0 Å². The second kappa shape index (κ2) is 5.79. The van der Waals surface area contributed by atoms with Crippen LogP contribution < -0.4 is 0 Å². The van der Waals surface area contributed by atoms with Gasteiger partial charge < -0.3 is 9.69 Å². The van der Waals surface area contributed by atoms with E-state index in [9.17, 15) is 4.79 Å². The van der Waals surface area contributed by atoms with Crippen molar-refractivity contribution in [2.45, 2.75) is 44.6 Å². The number of hydrogen-bond acceptors (Lipinski definition) is 2. The highest BCUT2D eigenvalue weighted by molar-refractivity contribution is 5.57. The van der Waals surface area contributed by atoms with E-state index in [1.807, 2.05) is 6.20 Å². The molecule has 1 aliphatic heterocycles. The maximum Gasteiger partial charge on any atom is 0.142 e. The average Bonchev–Trinajstić information content (AvgIpc) is 2.28. The van der Waals surface area contributed by atoms with Gasteiger partial charge in [-0.25, -0.2) is 0 Å². The van der Waals surface area contributed by atoms with Gasteiger partial charge in [-0.3, -0.25) is 0 Å². The number of nitrogens with zero attached hydrogens (tertiary/aromatic N) is 1. The predicted octanol–water partition coefficient (Wildman–Crippen LogP) is 2.35. The van der Waals surface area contributed by atoms with Crippen LogP contribution in [-0.4, -0.2) is 23.8 Å². The van der Waals surface area contributed by atoms with Crippen molar-refractivity contribution in [3.8, 4) is 0 Å². The Morgan fingerprint density at radius 2 is 1.85 bits per heavy atom. The molecular weight excluding hydrogens is 162 g/mol.